The van der Waals surface area contributed by atoms with Crippen LogP contribution in [-0.4, -0.2) is 57.6 Å². The minimum Gasteiger partial charge on any atom is -0.343 e. The van der Waals surface area contributed by atoms with Gasteiger partial charge in [0, 0.05) is 49.4 Å². The predicted molar refractivity (Wildman–Crippen MR) is 128 cm³/mol. The van der Waals surface area contributed by atoms with Crippen LogP contribution in [0.5, 0.6) is 0 Å². The summed E-state index contributed by atoms with van der Waals surface area (Å²) in [6.07, 6.45) is 5.02. The van der Waals surface area contributed by atoms with E-state index >= 15 is 0 Å². The molecule has 1 aromatic heterocycles. The van der Waals surface area contributed by atoms with Gasteiger partial charge in [0.15, 0.2) is 0 Å². The zero-order chi connectivity index (χ0) is 23.3. The number of benzene rings is 1. The van der Waals surface area contributed by atoms with Gasteiger partial charge < -0.3 is 9.80 Å². The van der Waals surface area contributed by atoms with Crippen LogP contribution in [0.4, 0.5) is 0 Å². The van der Waals surface area contributed by atoms with E-state index in [9.17, 15) is 9.59 Å². The van der Waals surface area contributed by atoms with Crippen LogP contribution in [0.15, 0.2) is 30.3 Å². The smallest absolute Gasteiger partial charge is 0.246 e. The Bertz CT molecular complexity index is 962. The van der Waals surface area contributed by atoms with Gasteiger partial charge >= 0.3 is 0 Å². The second kappa shape index (κ2) is 10.6. The van der Waals surface area contributed by atoms with Crippen LogP contribution >= 0.6 is 0 Å². The molecule has 6 heteroatoms. The lowest BCUT2D eigenvalue weighted by molar-refractivity contribution is -0.139. The molecule has 0 unspecified atom stereocenters. The number of carbonyl (C=O) groups is 2. The first-order chi connectivity index (χ1) is 15.3. The molecule has 1 fully saturated rings. The van der Waals surface area contributed by atoms with Crippen LogP contribution in [0.25, 0.3) is 6.08 Å². The van der Waals surface area contributed by atoms with E-state index in [1.807, 2.05) is 48.3 Å². The highest BCUT2D eigenvalue weighted by Gasteiger charge is 2.28. The minimum absolute atomic E-state index is 0.00354. The fourth-order valence-electron chi connectivity index (χ4n) is 4.37. The Balaban J connectivity index is 1.60. The first-order valence-corrected chi connectivity index (χ1v) is 11.7. The zero-order valence-corrected chi connectivity index (χ0v) is 20.1. The summed E-state index contributed by atoms with van der Waals surface area (Å²) < 4.78 is 1.99. The average molecular weight is 437 g/mol. The maximum Gasteiger partial charge on any atom is 0.246 e. The summed E-state index contributed by atoms with van der Waals surface area (Å²) in [5.74, 6) is 0.265. The monoisotopic (exact) mass is 436 g/mol. The number of nitrogens with zero attached hydrogens (tertiary/aromatic N) is 4. The van der Waals surface area contributed by atoms with Crippen molar-refractivity contribution in [3.63, 3.8) is 0 Å². The fourth-order valence-corrected chi connectivity index (χ4v) is 4.37. The van der Waals surface area contributed by atoms with Gasteiger partial charge in [-0.2, -0.15) is 5.10 Å². The number of piperidine rings is 1. The topological polar surface area (TPSA) is 58.4 Å². The molecule has 2 amide bonds. The number of likely N-dealkylation sites (tertiary alicyclic amines) is 1. The van der Waals surface area contributed by atoms with E-state index in [0.29, 0.717) is 19.6 Å². The Morgan fingerprint density at radius 1 is 1.06 bits per heavy atom. The van der Waals surface area contributed by atoms with Gasteiger partial charge in [0.05, 0.1) is 12.2 Å². The van der Waals surface area contributed by atoms with Gasteiger partial charge in [0.1, 0.15) is 0 Å². The number of aryl methyl sites for hydroxylation is 2. The average Bonchev–Trinajstić information content (AvgIpc) is 3.06. The molecule has 2 aromatic rings. The van der Waals surface area contributed by atoms with Crippen molar-refractivity contribution in [3.05, 3.63) is 58.4 Å². The van der Waals surface area contributed by atoms with E-state index in [4.69, 9.17) is 0 Å². The molecule has 3 rings (SSSR count). The SMILES string of the molecule is CCN(CC)C(=O)C1CCN(C(=O)/C=C/c2c(C)nn(Cc3ccc(C)cc3)c2C)CC1. The normalized spacial score (nSPS) is 14.8. The molecule has 2 heterocycles. The molecule has 1 saturated heterocycles. The van der Waals surface area contributed by atoms with Gasteiger partial charge in [-0.3, -0.25) is 14.3 Å². The molecule has 0 saturated carbocycles. The fraction of sp³-hybridized carbons (Fsp3) is 0.500. The first kappa shape index (κ1) is 23.8. The Morgan fingerprint density at radius 3 is 2.28 bits per heavy atom. The highest BCUT2D eigenvalue weighted by Crippen LogP contribution is 2.21. The standard InChI is InChI=1S/C26H36N4O2/c1-6-28(7-2)26(32)23-14-16-29(17-15-23)25(31)13-12-24-20(4)27-30(21(24)5)18-22-10-8-19(3)9-11-22/h8-13,23H,6-7,14-18H2,1-5H3/b13-12+. The molecule has 0 bridgehead atoms. The molecule has 0 N–H and O–H groups in total. The number of hydrogen-bond acceptors (Lipinski definition) is 3. The summed E-state index contributed by atoms with van der Waals surface area (Å²) in [4.78, 5) is 29.1. The van der Waals surface area contributed by atoms with Crippen molar-refractivity contribution in [2.45, 2.75) is 54.0 Å². The van der Waals surface area contributed by atoms with E-state index in [1.54, 1.807) is 6.08 Å². The number of aromatic nitrogens is 2. The van der Waals surface area contributed by atoms with E-state index in [0.717, 1.165) is 42.9 Å². The molecular weight excluding hydrogens is 400 g/mol. The number of carbonyl (C=O) groups excluding carboxylic acids is 2. The Labute approximate surface area is 191 Å². The van der Waals surface area contributed by atoms with Crippen LogP contribution in [0, 0.1) is 26.7 Å². The van der Waals surface area contributed by atoms with Crippen molar-refractivity contribution in [2.75, 3.05) is 26.2 Å². The number of rotatable bonds is 7. The maximum atomic E-state index is 12.8. The van der Waals surface area contributed by atoms with Gasteiger partial charge in [0.2, 0.25) is 11.8 Å². The summed E-state index contributed by atoms with van der Waals surface area (Å²) in [7, 11) is 0. The lowest BCUT2D eigenvalue weighted by Crippen LogP contribution is -2.44. The van der Waals surface area contributed by atoms with Crippen molar-refractivity contribution in [1.29, 1.82) is 0 Å². The summed E-state index contributed by atoms with van der Waals surface area (Å²) in [6, 6.07) is 8.47. The number of amides is 2. The van der Waals surface area contributed by atoms with Gasteiger partial charge in [-0.25, -0.2) is 0 Å². The third kappa shape index (κ3) is 5.47. The van der Waals surface area contributed by atoms with Crippen molar-refractivity contribution < 1.29 is 9.59 Å². The molecule has 172 valence electrons. The Morgan fingerprint density at radius 2 is 1.69 bits per heavy atom. The van der Waals surface area contributed by atoms with Gasteiger partial charge in [-0.1, -0.05) is 29.8 Å². The van der Waals surface area contributed by atoms with Crippen molar-refractivity contribution in [2.24, 2.45) is 5.92 Å². The molecule has 0 atom stereocenters. The lowest BCUT2D eigenvalue weighted by Gasteiger charge is -2.33. The van der Waals surface area contributed by atoms with Gasteiger partial charge in [-0.05, 0) is 59.1 Å². The summed E-state index contributed by atoms with van der Waals surface area (Å²) >= 11 is 0. The zero-order valence-electron chi connectivity index (χ0n) is 20.1. The van der Waals surface area contributed by atoms with Crippen molar-refractivity contribution in [1.82, 2.24) is 19.6 Å². The third-order valence-corrected chi connectivity index (χ3v) is 6.51. The molecule has 0 radical (unpaired) electrons. The Hall–Kier alpha value is -2.89. The summed E-state index contributed by atoms with van der Waals surface area (Å²) in [6.45, 7) is 13.6. The quantitative estimate of drug-likeness (QED) is 0.617. The Kier molecular flexibility index (Phi) is 7.89. The van der Waals surface area contributed by atoms with Crippen LogP contribution in [-0.2, 0) is 16.1 Å². The third-order valence-electron chi connectivity index (χ3n) is 6.51. The molecule has 1 aromatic carbocycles. The van der Waals surface area contributed by atoms with Crippen molar-refractivity contribution >= 4 is 17.9 Å². The van der Waals surface area contributed by atoms with E-state index in [-0.39, 0.29) is 17.7 Å². The summed E-state index contributed by atoms with van der Waals surface area (Å²) in [5, 5.41) is 4.68. The predicted octanol–water partition coefficient (Wildman–Crippen LogP) is 3.98. The van der Waals surface area contributed by atoms with E-state index < -0.39 is 0 Å². The molecular formula is C26H36N4O2. The first-order valence-electron chi connectivity index (χ1n) is 11.7. The van der Waals surface area contributed by atoms with Crippen LogP contribution in [0.2, 0.25) is 0 Å². The molecule has 6 nitrogen and oxygen atoms in total. The molecule has 0 aliphatic carbocycles. The summed E-state index contributed by atoms with van der Waals surface area (Å²) in [5.41, 5.74) is 5.41. The molecule has 0 spiro atoms. The highest BCUT2D eigenvalue weighted by molar-refractivity contribution is 5.92. The van der Waals surface area contributed by atoms with Crippen LogP contribution in [0.3, 0.4) is 0 Å². The lowest BCUT2D eigenvalue weighted by atomic mass is 9.95. The van der Waals surface area contributed by atoms with Crippen LogP contribution in [0.1, 0.15) is 54.8 Å². The second-order valence-corrected chi connectivity index (χ2v) is 8.67. The van der Waals surface area contributed by atoms with Gasteiger partial charge in [0.25, 0.3) is 0 Å². The molecule has 1 aliphatic rings. The maximum absolute atomic E-state index is 12.8. The van der Waals surface area contributed by atoms with Crippen LogP contribution < -0.4 is 0 Å². The largest absolute Gasteiger partial charge is 0.343 e. The molecule has 1 aliphatic heterocycles. The van der Waals surface area contributed by atoms with Crippen molar-refractivity contribution in [3.8, 4) is 0 Å². The molecule has 32 heavy (non-hydrogen) atoms. The second-order valence-electron chi connectivity index (χ2n) is 8.67. The minimum atomic E-state index is 0.00354. The van der Waals surface area contributed by atoms with E-state index in [1.165, 1.54) is 11.1 Å². The van der Waals surface area contributed by atoms with E-state index in [2.05, 4.69) is 36.3 Å². The number of hydrogen-bond donors (Lipinski definition) is 0. The highest BCUT2D eigenvalue weighted by atomic mass is 16.2. The van der Waals surface area contributed by atoms with Gasteiger partial charge in [-0.15, -0.1) is 0 Å².